The maximum absolute atomic E-state index is 12.8. The lowest BCUT2D eigenvalue weighted by Crippen LogP contribution is -2.27. The Balaban J connectivity index is 2.18. The zero-order valence-electron chi connectivity index (χ0n) is 12.2. The topological polar surface area (TPSA) is 20.3 Å². The number of benzene rings is 2. The molecule has 0 N–H and O–H groups in total. The molecule has 3 rings (SSSR count). The number of Topliss-reactive ketones (excluding diaryl/α,β-unsaturated/α-hetero) is 1. The standard InChI is InChI=1S/C17H16F3NO/c1-11-5-4-10-21(11)15-9-8-14(16(22)17(18,19)20)12-6-2-3-7-13(12)15/h2-3,6-9,11H,4-5,10H2,1H3. The monoisotopic (exact) mass is 307 g/mol. The van der Waals surface area contributed by atoms with Crippen LogP contribution in [0.1, 0.15) is 30.1 Å². The highest BCUT2D eigenvalue weighted by Crippen LogP contribution is 2.35. The highest BCUT2D eigenvalue weighted by molar-refractivity contribution is 6.13. The van der Waals surface area contributed by atoms with Crippen LogP contribution in [-0.4, -0.2) is 24.5 Å². The van der Waals surface area contributed by atoms with E-state index in [4.69, 9.17) is 0 Å². The predicted molar refractivity (Wildman–Crippen MR) is 80.4 cm³/mol. The molecule has 22 heavy (non-hydrogen) atoms. The average molecular weight is 307 g/mol. The molecule has 0 amide bonds. The zero-order valence-corrected chi connectivity index (χ0v) is 12.2. The van der Waals surface area contributed by atoms with E-state index in [2.05, 4.69) is 11.8 Å². The number of hydrogen-bond donors (Lipinski definition) is 0. The molecule has 1 heterocycles. The summed E-state index contributed by atoms with van der Waals surface area (Å²) in [4.78, 5) is 13.8. The van der Waals surface area contributed by atoms with Gasteiger partial charge in [0.05, 0.1) is 0 Å². The van der Waals surface area contributed by atoms with Crippen molar-refractivity contribution in [2.45, 2.75) is 32.0 Å². The molecular formula is C17H16F3NO. The van der Waals surface area contributed by atoms with Crippen molar-refractivity contribution < 1.29 is 18.0 Å². The first-order valence-electron chi connectivity index (χ1n) is 7.29. The van der Waals surface area contributed by atoms with Crippen molar-refractivity contribution in [2.24, 2.45) is 0 Å². The number of hydrogen-bond acceptors (Lipinski definition) is 2. The van der Waals surface area contributed by atoms with Crippen LogP contribution < -0.4 is 4.90 Å². The molecule has 1 unspecified atom stereocenters. The van der Waals surface area contributed by atoms with Gasteiger partial charge in [-0.3, -0.25) is 4.79 Å². The van der Waals surface area contributed by atoms with Crippen LogP contribution in [-0.2, 0) is 0 Å². The van der Waals surface area contributed by atoms with E-state index in [1.165, 1.54) is 6.07 Å². The van der Waals surface area contributed by atoms with E-state index >= 15 is 0 Å². The second kappa shape index (κ2) is 5.30. The second-order valence-electron chi connectivity index (χ2n) is 5.69. The molecule has 1 aliphatic heterocycles. The smallest absolute Gasteiger partial charge is 0.368 e. The molecule has 0 spiro atoms. The average Bonchev–Trinajstić information content (AvgIpc) is 2.90. The second-order valence-corrected chi connectivity index (χ2v) is 5.69. The van der Waals surface area contributed by atoms with Gasteiger partial charge in [0, 0.05) is 29.2 Å². The number of rotatable bonds is 2. The number of nitrogens with zero attached hydrogens (tertiary/aromatic N) is 1. The molecule has 2 aromatic carbocycles. The molecule has 0 bridgehead atoms. The van der Waals surface area contributed by atoms with Crippen molar-refractivity contribution in [1.29, 1.82) is 0 Å². The summed E-state index contributed by atoms with van der Waals surface area (Å²) in [6, 6.07) is 10.1. The Morgan fingerprint density at radius 1 is 1.14 bits per heavy atom. The van der Waals surface area contributed by atoms with Crippen molar-refractivity contribution in [2.75, 3.05) is 11.4 Å². The fraction of sp³-hybridized carbons (Fsp3) is 0.353. The van der Waals surface area contributed by atoms with Gasteiger partial charge in [-0.1, -0.05) is 24.3 Å². The molecule has 116 valence electrons. The quantitative estimate of drug-likeness (QED) is 0.757. The van der Waals surface area contributed by atoms with Gasteiger partial charge in [-0.15, -0.1) is 0 Å². The Bertz CT molecular complexity index is 723. The van der Waals surface area contributed by atoms with Gasteiger partial charge in [-0.2, -0.15) is 13.2 Å². The summed E-state index contributed by atoms with van der Waals surface area (Å²) in [5.41, 5.74) is 0.623. The van der Waals surface area contributed by atoms with Crippen LogP contribution >= 0.6 is 0 Å². The van der Waals surface area contributed by atoms with Crippen molar-refractivity contribution >= 4 is 22.2 Å². The molecule has 1 saturated heterocycles. The van der Waals surface area contributed by atoms with Crippen molar-refractivity contribution in [3.05, 3.63) is 42.0 Å². The molecule has 0 aromatic heterocycles. The first-order chi connectivity index (χ1) is 10.4. The van der Waals surface area contributed by atoms with E-state index in [1.54, 1.807) is 30.3 Å². The molecule has 0 saturated carbocycles. The maximum Gasteiger partial charge on any atom is 0.454 e. The van der Waals surface area contributed by atoms with Crippen LogP contribution in [0, 0.1) is 0 Å². The molecule has 2 aromatic rings. The Morgan fingerprint density at radius 3 is 2.41 bits per heavy atom. The third kappa shape index (κ3) is 2.45. The minimum Gasteiger partial charge on any atom is -0.368 e. The lowest BCUT2D eigenvalue weighted by molar-refractivity contribution is -0.0884. The fourth-order valence-corrected chi connectivity index (χ4v) is 3.18. The third-order valence-electron chi connectivity index (χ3n) is 4.27. The molecule has 0 aliphatic carbocycles. The van der Waals surface area contributed by atoms with E-state index < -0.39 is 12.0 Å². The SMILES string of the molecule is CC1CCCN1c1ccc(C(=O)C(F)(F)F)c2ccccc12. The Morgan fingerprint density at radius 2 is 1.82 bits per heavy atom. The highest BCUT2D eigenvalue weighted by atomic mass is 19.4. The van der Waals surface area contributed by atoms with Gasteiger partial charge in [0.15, 0.2) is 0 Å². The molecule has 1 fully saturated rings. The van der Waals surface area contributed by atoms with Gasteiger partial charge in [0.2, 0.25) is 0 Å². The number of alkyl halides is 3. The van der Waals surface area contributed by atoms with Gasteiger partial charge in [0.25, 0.3) is 5.78 Å². The first-order valence-corrected chi connectivity index (χ1v) is 7.29. The summed E-state index contributed by atoms with van der Waals surface area (Å²) in [6.45, 7) is 2.99. The Labute approximate surface area is 126 Å². The van der Waals surface area contributed by atoms with E-state index in [1.807, 2.05) is 0 Å². The predicted octanol–water partition coefficient (Wildman–Crippen LogP) is 4.57. The molecule has 0 radical (unpaired) electrons. The summed E-state index contributed by atoms with van der Waals surface area (Å²) in [5.74, 6) is -1.79. The van der Waals surface area contributed by atoms with Crippen molar-refractivity contribution in [3.8, 4) is 0 Å². The molecular weight excluding hydrogens is 291 g/mol. The lowest BCUT2D eigenvalue weighted by atomic mass is 9.99. The summed E-state index contributed by atoms with van der Waals surface area (Å²) in [5, 5.41) is 1.06. The van der Waals surface area contributed by atoms with E-state index in [-0.39, 0.29) is 5.56 Å². The Kier molecular flexibility index (Phi) is 3.59. The number of halogens is 3. The van der Waals surface area contributed by atoms with E-state index in [0.29, 0.717) is 16.8 Å². The van der Waals surface area contributed by atoms with Crippen molar-refractivity contribution in [1.82, 2.24) is 0 Å². The van der Waals surface area contributed by atoms with Crippen molar-refractivity contribution in [3.63, 3.8) is 0 Å². The van der Waals surface area contributed by atoms with Gasteiger partial charge in [0.1, 0.15) is 0 Å². The maximum atomic E-state index is 12.8. The fourth-order valence-electron chi connectivity index (χ4n) is 3.18. The molecule has 1 aliphatic rings. The number of carbonyl (C=O) groups excluding carboxylic acids is 1. The molecule has 5 heteroatoms. The minimum atomic E-state index is -4.86. The van der Waals surface area contributed by atoms with E-state index in [0.717, 1.165) is 25.1 Å². The largest absolute Gasteiger partial charge is 0.454 e. The summed E-state index contributed by atoms with van der Waals surface area (Å²) < 4.78 is 38.3. The van der Waals surface area contributed by atoms with Crippen LogP contribution in [0.25, 0.3) is 10.8 Å². The van der Waals surface area contributed by atoms with E-state index in [9.17, 15) is 18.0 Å². The lowest BCUT2D eigenvalue weighted by Gasteiger charge is -2.26. The summed E-state index contributed by atoms with van der Waals surface area (Å²) in [7, 11) is 0. The number of anilines is 1. The first kappa shape index (κ1) is 14.9. The summed E-state index contributed by atoms with van der Waals surface area (Å²) in [6.07, 6.45) is -2.72. The summed E-state index contributed by atoms with van der Waals surface area (Å²) >= 11 is 0. The third-order valence-corrected chi connectivity index (χ3v) is 4.27. The molecule has 1 atom stereocenters. The van der Waals surface area contributed by atoms with Crippen LogP contribution in [0.15, 0.2) is 36.4 Å². The normalized spacial score (nSPS) is 18.9. The van der Waals surface area contributed by atoms with Crippen LogP contribution in [0.2, 0.25) is 0 Å². The highest BCUT2D eigenvalue weighted by Gasteiger charge is 2.40. The van der Waals surface area contributed by atoms with Gasteiger partial charge in [-0.25, -0.2) is 0 Å². The minimum absolute atomic E-state index is 0.279. The Hall–Kier alpha value is -2.04. The van der Waals surface area contributed by atoms with Gasteiger partial charge < -0.3 is 4.90 Å². The number of fused-ring (bicyclic) bond motifs is 1. The number of carbonyl (C=O) groups is 1. The molecule has 2 nitrogen and oxygen atoms in total. The van der Waals surface area contributed by atoms with Gasteiger partial charge in [-0.05, 0) is 37.3 Å². The number of ketones is 1. The van der Waals surface area contributed by atoms with Gasteiger partial charge >= 0.3 is 6.18 Å². The van der Waals surface area contributed by atoms with Crippen LogP contribution in [0.5, 0.6) is 0 Å². The zero-order chi connectivity index (χ0) is 15.9. The van der Waals surface area contributed by atoms with Crippen LogP contribution in [0.4, 0.5) is 18.9 Å². The van der Waals surface area contributed by atoms with Crippen LogP contribution in [0.3, 0.4) is 0 Å².